The fourth-order valence-corrected chi connectivity index (χ4v) is 1.00. The number of nitrogens with one attached hydrogen (secondary N) is 2. The largest absolute Gasteiger partial charge is 0.395 e. The van der Waals surface area contributed by atoms with E-state index >= 15 is 0 Å². The molecule has 0 aliphatic carbocycles. The normalized spacial score (nSPS) is 12.2. The van der Waals surface area contributed by atoms with Crippen molar-refractivity contribution in [2.75, 3.05) is 26.2 Å². The molecule has 12 heavy (non-hydrogen) atoms. The molecular formula is C8H21ClN2O. The Kier molecular flexibility index (Phi) is 13.7. The molecule has 1 unspecified atom stereocenters. The Morgan fingerprint density at radius 2 is 2.00 bits per heavy atom. The zero-order chi connectivity index (χ0) is 8.53. The van der Waals surface area contributed by atoms with Crippen molar-refractivity contribution >= 4 is 12.4 Å². The van der Waals surface area contributed by atoms with E-state index in [0.29, 0.717) is 12.6 Å². The van der Waals surface area contributed by atoms with Crippen molar-refractivity contribution in [2.24, 2.45) is 0 Å². The molecule has 0 aromatic carbocycles. The molecule has 0 fully saturated rings. The fraction of sp³-hybridized carbons (Fsp3) is 1.00. The Labute approximate surface area is 81.3 Å². The Hall–Kier alpha value is 0.170. The smallest absolute Gasteiger partial charge is 0.0555 e. The highest BCUT2D eigenvalue weighted by Gasteiger charge is 2.01. The second-order valence-corrected chi connectivity index (χ2v) is 2.59. The maximum atomic E-state index is 8.50. The van der Waals surface area contributed by atoms with Crippen LogP contribution in [0.2, 0.25) is 0 Å². The van der Waals surface area contributed by atoms with E-state index in [1.807, 2.05) is 0 Å². The molecule has 0 radical (unpaired) electrons. The number of hydrogen-bond acceptors (Lipinski definition) is 3. The van der Waals surface area contributed by atoms with Gasteiger partial charge in [0.15, 0.2) is 0 Å². The van der Waals surface area contributed by atoms with Gasteiger partial charge in [-0.05, 0) is 13.0 Å². The maximum Gasteiger partial charge on any atom is 0.0555 e. The van der Waals surface area contributed by atoms with Crippen LogP contribution in [-0.4, -0.2) is 37.4 Å². The topological polar surface area (TPSA) is 44.3 Å². The third kappa shape index (κ3) is 8.27. The molecule has 76 valence electrons. The lowest BCUT2D eigenvalue weighted by Gasteiger charge is -2.15. The number of aliphatic hydroxyl groups is 1. The van der Waals surface area contributed by atoms with E-state index in [9.17, 15) is 0 Å². The molecule has 1 atom stereocenters. The molecule has 0 aliphatic rings. The summed E-state index contributed by atoms with van der Waals surface area (Å²) in [5, 5.41) is 15.0. The van der Waals surface area contributed by atoms with Crippen LogP contribution in [0.3, 0.4) is 0 Å². The SMILES string of the molecule is CCNC(CC)CNCCO.Cl. The number of likely N-dealkylation sites (N-methyl/N-ethyl adjacent to an activating group) is 1. The molecule has 0 saturated heterocycles. The van der Waals surface area contributed by atoms with Gasteiger partial charge in [-0.25, -0.2) is 0 Å². The van der Waals surface area contributed by atoms with E-state index in [2.05, 4.69) is 24.5 Å². The van der Waals surface area contributed by atoms with Gasteiger partial charge in [-0.3, -0.25) is 0 Å². The van der Waals surface area contributed by atoms with Crippen molar-refractivity contribution in [3.8, 4) is 0 Å². The maximum absolute atomic E-state index is 8.50. The summed E-state index contributed by atoms with van der Waals surface area (Å²) in [6.45, 7) is 7.15. The standard InChI is InChI=1S/C8H20N2O.ClH/c1-3-8(10-4-2)7-9-5-6-11;/h8-11H,3-7H2,1-2H3;1H. The quantitative estimate of drug-likeness (QED) is 0.516. The van der Waals surface area contributed by atoms with Gasteiger partial charge in [0.05, 0.1) is 6.61 Å². The highest BCUT2D eigenvalue weighted by atomic mass is 35.5. The van der Waals surface area contributed by atoms with Crippen LogP contribution in [0.5, 0.6) is 0 Å². The van der Waals surface area contributed by atoms with Crippen LogP contribution in [0.1, 0.15) is 20.3 Å². The van der Waals surface area contributed by atoms with Crippen molar-refractivity contribution in [3.05, 3.63) is 0 Å². The Balaban J connectivity index is 0. The second-order valence-electron chi connectivity index (χ2n) is 2.59. The van der Waals surface area contributed by atoms with Gasteiger partial charge in [-0.1, -0.05) is 13.8 Å². The average molecular weight is 197 g/mol. The van der Waals surface area contributed by atoms with E-state index in [-0.39, 0.29) is 19.0 Å². The first-order chi connectivity index (χ1) is 5.35. The molecule has 0 saturated carbocycles. The molecule has 0 bridgehead atoms. The van der Waals surface area contributed by atoms with Crippen molar-refractivity contribution in [3.63, 3.8) is 0 Å². The van der Waals surface area contributed by atoms with Gasteiger partial charge >= 0.3 is 0 Å². The lowest BCUT2D eigenvalue weighted by Crippen LogP contribution is -2.38. The summed E-state index contributed by atoms with van der Waals surface area (Å²) in [6, 6.07) is 0.548. The van der Waals surface area contributed by atoms with E-state index in [4.69, 9.17) is 5.11 Å². The molecule has 0 aromatic rings. The first kappa shape index (κ1) is 14.7. The molecule has 3 nitrogen and oxygen atoms in total. The zero-order valence-electron chi connectivity index (χ0n) is 7.97. The van der Waals surface area contributed by atoms with Crippen LogP contribution >= 0.6 is 12.4 Å². The summed E-state index contributed by atoms with van der Waals surface area (Å²) in [7, 11) is 0. The molecule has 4 heteroatoms. The van der Waals surface area contributed by atoms with Crippen molar-refractivity contribution in [1.29, 1.82) is 0 Å². The van der Waals surface area contributed by atoms with Gasteiger partial charge in [0.25, 0.3) is 0 Å². The monoisotopic (exact) mass is 196 g/mol. The van der Waals surface area contributed by atoms with Crippen LogP contribution in [0.15, 0.2) is 0 Å². The molecule has 0 amide bonds. The molecule has 0 heterocycles. The summed E-state index contributed by atoms with van der Waals surface area (Å²) in [5.41, 5.74) is 0. The highest BCUT2D eigenvalue weighted by molar-refractivity contribution is 5.85. The zero-order valence-corrected chi connectivity index (χ0v) is 8.78. The van der Waals surface area contributed by atoms with Gasteiger partial charge < -0.3 is 15.7 Å². The molecule has 0 aliphatic heterocycles. The van der Waals surface area contributed by atoms with Crippen LogP contribution in [-0.2, 0) is 0 Å². The van der Waals surface area contributed by atoms with Gasteiger partial charge in [-0.15, -0.1) is 12.4 Å². The Bertz CT molecular complexity index is 83.5. The second kappa shape index (κ2) is 11.2. The minimum absolute atomic E-state index is 0. The van der Waals surface area contributed by atoms with E-state index < -0.39 is 0 Å². The van der Waals surface area contributed by atoms with Gasteiger partial charge in [0, 0.05) is 19.1 Å². The van der Waals surface area contributed by atoms with Crippen molar-refractivity contribution < 1.29 is 5.11 Å². The fourth-order valence-electron chi connectivity index (χ4n) is 1.00. The van der Waals surface area contributed by atoms with E-state index in [0.717, 1.165) is 19.5 Å². The molecule has 0 spiro atoms. The summed E-state index contributed by atoms with van der Waals surface area (Å²) < 4.78 is 0. The average Bonchev–Trinajstić information content (AvgIpc) is 2.03. The van der Waals surface area contributed by atoms with Crippen molar-refractivity contribution in [1.82, 2.24) is 10.6 Å². The van der Waals surface area contributed by atoms with Gasteiger partial charge in [0.2, 0.25) is 0 Å². The van der Waals surface area contributed by atoms with Crippen LogP contribution in [0.25, 0.3) is 0 Å². The Morgan fingerprint density at radius 3 is 2.42 bits per heavy atom. The van der Waals surface area contributed by atoms with Gasteiger partial charge in [-0.2, -0.15) is 0 Å². The van der Waals surface area contributed by atoms with E-state index in [1.165, 1.54) is 0 Å². The van der Waals surface area contributed by atoms with E-state index in [1.54, 1.807) is 0 Å². The summed E-state index contributed by atoms with van der Waals surface area (Å²) in [5.74, 6) is 0. The van der Waals surface area contributed by atoms with Crippen molar-refractivity contribution in [2.45, 2.75) is 26.3 Å². The first-order valence-corrected chi connectivity index (χ1v) is 4.40. The minimum atomic E-state index is 0. The Morgan fingerprint density at radius 1 is 1.33 bits per heavy atom. The number of hydrogen-bond donors (Lipinski definition) is 3. The van der Waals surface area contributed by atoms with Crippen LogP contribution < -0.4 is 10.6 Å². The molecular weight excluding hydrogens is 176 g/mol. The van der Waals surface area contributed by atoms with Crippen LogP contribution in [0.4, 0.5) is 0 Å². The predicted molar refractivity (Wildman–Crippen MR) is 55.0 cm³/mol. The predicted octanol–water partition coefficient (Wildman–Crippen LogP) is 0.378. The summed E-state index contributed by atoms with van der Waals surface area (Å²) in [4.78, 5) is 0. The number of halogens is 1. The third-order valence-corrected chi connectivity index (χ3v) is 1.66. The summed E-state index contributed by atoms with van der Waals surface area (Å²) in [6.07, 6.45) is 1.13. The summed E-state index contributed by atoms with van der Waals surface area (Å²) >= 11 is 0. The highest BCUT2D eigenvalue weighted by Crippen LogP contribution is 1.86. The molecule has 3 N–H and O–H groups in total. The van der Waals surface area contributed by atoms with Crippen LogP contribution in [0, 0.1) is 0 Å². The number of aliphatic hydroxyl groups excluding tert-OH is 1. The molecule has 0 aromatic heterocycles. The third-order valence-electron chi connectivity index (χ3n) is 1.66. The minimum Gasteiger partial charge on any atom is -0.395 e. The van der Waals surface area contributed by atoms with Gasteiger partial charge in [0.1, 0.15) is 0 Å². The lowest BCUT2D eigenvalue weighted by molar-refractivity contribution is 0.289. The number of rotatable bonds is 7. The first-order valence-electron chi connectivity index (χ1n) is 4.40. The lowest BCUT2D eigenvalue weighted by atomic mass is 10.2. The molecule has 0 rings (SSSR count).